The Morgan fingerprint density at radius 3 is 2.28 bits per heavy atom. The summed E-state index contributed by atoms with van der Waals surface area (Å²) in [7, 11) is -4.14. The van der Waals surface area contributed by atoms with E-state index < -0.39 is 16.1 Å². The van der Waals surface area contributed by atoms with E-state index in [9.17, 15) is 13.2 Å². The molecule has 0 atom stereocenters. The van der Waals surface area contributed by atoms with Gasteiger partial charge in [-0.2, -0.15) is 5.10 Å². The summed E-state index contributed by atoms with van der Waals surface area (Å²) in [5.74, 6) is 0.117. The SMILES string of the molecule is C=NN1CC2(CC2)CO/C1=C(/C)S(=O)(=O)NC(=O)Nc1c2c(c(Cl)c3c1CCC3)CCC2. The van der Waals surface area contributed by atoms with Gasteiger partial charge in [0.05, 0.1) is 13.2 Å². The number of nitrogens with one attached hydrogen (secondary N) is 2. The Labute approximate surface area is 193 Å². The summed E-state index contributed by atoms with van der Waals surface area (Å²) in [5, 5.41) is 9.06. The van der Waals surface area contributed by atoms with Crippen LogP contribution < -0.4 is 10.0 Å². The first-order valence-corrected chi connectivity index (χ1v) is 12.9. The fraction of sp³-hybridized carbons (Fsp3) is 0.545. The van der Waals surface area contributed by atoms with E-state index >= 15 is 0 Å². The lowest BCUT2D eigenvalue weighted by Crippen LogP contribution is -2.40. The lowest BCUT2D eigenvalue weighted by atomic mass is 9.98. The molecule has 0 radical (unpaired) electrons. The van der Waals surface area contributed by atoms with Crippen molar-refractivity contribution < 1.29 is 17.9 Å². The molecule has 0 aromatic heterocycles. The molecule has 1 spiro atoms. The van der Waals surface area contributed by atoms with Crippen LogP contribution in [0.2, 0.25) is 5.02 Å². The first-order valence-electron chi connectivity index (χ1n) is 11.0. The molecule has 3 aliphatic carbocycles. The van der Waals surface area contributed by atoms with E-state index in [1.165, 1.54) is 11.9 Å². The van der Waals surface area contributed by atoms with Crippen LogP contribution in [0, 0.1) is 5.41 Å². The van der Waals surface area contributed by atoms with Gasteiger partial charge in [0.2, 0.25) is 5.88 Å². The van der Waals surface area contributed by atoms with E-state index in [1.807, 2.05) is 0 Å². The summed E-state index contributed by atoms with van der Waals surface area (Å²) in [6.45, 7) is 5.95. The van der Waals surface area contributed by atoms with Gasteiger partial charge in [0.15, 0.2) is 0 Å². The van der Waals surface area contributed by atoms with Gasteiger partial charge in [0.1, 0.15) is 4.91 Å². The van der Waals surface area contributed by atoms with Crippen LogP contribution in [0.3, 0.4) is 0 Å². The van der Waals surface area contributed by atoms with Gasteiger partial charge in [-0.1, -0.05) is 11.6 Å². The van der Waals surface area contributed by atoms with Gasteiger partial charge in [-0.15, -0.1) is 0 Å². The molecule has 2 N–H and O–H groups in total. The van der Waals surface area contributed by atoms with Gasteiger partial charge in [-0.25, -0.2) is 22.9 Å². The molecule has 5 rings (SSSR count). The number of ether oxygens (including phenoxy) is 1. The highest BCUT2D eigenvalue weighted by Crippen LogP contribution is 2.50. The van der Waals surface area contributed by atoms with Crippen molar-refractivity contribution in [2.45, 2.75) is 58.3 Å². The van der Waals surface area contributed by atoms with Crippen molar-refractivity contribution in [1.29, 1.82) is 0 Å². The quantitative estimate of drug-likeness (QED) is 0.643. The zero-order chi connectivity index (χ0) is 22.7. The molecule has 4 aliphatic rings. The molecule has 2 amide bonds. The maximum absolute atomic E-state index is 13.0. The number of carbonyl (C=O) groups is 1. The van der Waals surface area contributed by atoms with Gasteiger partial charge >= 0.3 is 6.03 Å². The predicted molar refractivity (Wildman–Crippen MR) is 123 cm³/mol. The minimum absolute atomic E-state index is 0.0366. The molecule has 1 saturated carbocycles. The van der Waals surface area contributed by atoms with Crippen LogP contribution in [0.15, 0.2) is 15.9 Å². The summed E-state index contributed by atoms with van der Waals surface area (Å²) < 4.78 is 33.8. The molecule has 1 aromatic carbocycles. The lowest BCUT2D eigenvalue weighted by molar-refractivity contribution is 0.0134. The van der Waals surface area contributed by atoms with Crippen LogP contribution in [0.1, 0.15) is 54.9 Å². The van der Waals surface area contributed by atoms with Crippen molar-refractivity contribution in [2.24, 2.45) is 10.5 Å². The molecule has 1 saturated heterocycles. The third-order valence-electron chi connectivity index (χ3n) is 7.10. The van der Waals surface area contributed by atoms with Gasteiger partial charge in [0.25, 0.3) is 10.0 Å². The van der Waals surface area contributed by atoms with Crippen LogP contribution in [0.25, 0.3) is 0 Å². The zero-order valence-electron chi connectivity index (χ0n) is 18.1. The number of hydrogen-bond acceptors (Lipinski definition) is 6. The van der Waals surface area contributed by atoms with Crippen molar-refractivity contribution in [3.05, 3.63) is 38.1 Å². The summed E-state index contributed by atoms with van der Waals surface area (Å²) in [4.78, 5) is 12.7. The average molecular weight is 479 g/mol. The second-order valence-corrected chi connectivity index (χ2v) is 11.4. The van der Waals surface area contributed by atoms with Crippen LogP contribution in [-0.2, 0) is 40.4 Å². The zero-order valence-corrected chi connectivity index (χ0v) is 19.7. The van der Waals surface area contributed by atoms with Gasteiger partial charge < -0.3 is 10.1 Å². The number of benzene rings is 1. The smallest absolute Gasteiger partial charge is 0.333 e. The molecule has 1 aliphatic heterocycles. The summed E-state index contributed by atoms with van der Waals surface area (Å²) in [6.07, 6.45) is 7.40. The number of rotatable bonds is 4. The molecule has 1 aromatic rings. The fourth-order valence-electron chi connectivity index (χ4n) is 5.10. The third kappa shape index (κ3) is 3.55. The van der Waals surface area contributed by atoms with E-state index in [4.69, 9.17) is 16.3 Å². The van der Waals surface area contributed by atoms with Crippen LogP contribution in [-0.4, -0.2) is 39.3 Å². The number of hydrogen-bond donors (Lipinski definition) is 2. The summed E-state index contributed by atoms with van der Waals surface area (Å²) >= 11 is 6.63. The molecular formula is C22H27ClN4O4S. The normalized spacial score (nSPS) is 22.1. The third-order valence-corrected chi connectivity index (χ3v) is 8.99. The minimum atomic E-state index is -4.14. The van der Waals surface area contributed by atoms with Crippen molar-refractivity contribution in [3.63, 3.8) is 0 Å². The van der Waals surface area contributed by atoms with E-state index in [-0.39, 0.29) is 16.2 Å². The number of halogens is 1. The van der Waals surface area contributed by atoms with E-state index in [2.05, 4.69) is 21.9 Å². The minimum Gasteiger partial charge on any atom is -0.476 e. The molecule has 1 heterocycles. The standard InChI is InChI=1S/C22H27ClN4O4S/c1-13(20-27(24-2)11-22(9-10-22)12-31-20)32(29,30)26-21(28)25-19-16-7-3-5-14(16)18(23)15-6-4-8-17(15)19/h2-12H2,1H3,(H2,25,26,28)/b20-13-. The number of allylic oxidation sites excluding steroid dienone is 1. The molecule has 8 nitrogen and oxygen atoms in total. The number of hydrazone groups is 1. The average Bonchev–Trinajstić information content (AvgIpc) is 3.17. The highest BCUT2D eigenvalue weighted by Gasteiger charge is 2.49. The largest absolute Gasteiger partial charge is 0.476 e. The number of sulfonamides is 1. The Balaban J connectivity index is 1.38. The Kier molecular flexibility index (Phi) is 5.16. The Morgan fingerprint density at radius 1 is 1.12 bits per heavy atom. The Hall–Kier alpha value is -2.26. The van der Waals surface area contributed by atoms with E-state index in [0.29, 0.717) is 13.2 Å². The summed E-state index contributed by atoms with van der Waals surface area (Å²) in [6, 6.07) is -0.789. The summed E-state index contributed by atoms with van der Waals surface area (Å²) in [5.41, 5.74) is 5.00. The molecular weight excluding hydrogens is 452 g/mol. The topological polar surface area (TPSA) is 100 Å². The number of urea groups is 1. The number of nitrogens with zero attached hydrogens (tertiary/aromatic N) is 2. The first-order chi connectivity index (χ1) is 15.2. The van der Waals surface area contributed by atoms with Crippen LogP contribution in [0.5, 0.6) is 0 Å². The number of anilines is 1. The van der Waals surface area contributed by atoms with Crippen LogP contribution in [0.4, 0.5) is 10.5 Å². The van der Waals surface area contributed by atoms with Gasteiger partial charge in [-0.05, 0) is 80.5 Å². The van der Waals surface area contributed by atoms with Gasteiger partial charge in [-0.3, -0.25) is 0 Å². The highest BCUT2D eigenvalue weighted by atomic mass is 35.5. The van der Waals surface area contributed by atoms with Crippen molar-refractivity contribution >= 4 is 40.1 Å². The van der Waals surface area contributed by atoms with Gasteiger partial charge in [0, 0.05) is 22.8 Å². The fourth-order valence-corrected chi connectivity index (χ4v) is 6.36. The Bertz CT molecular complexity index is 1120. The maximum Gasteiger partial charge on any atom is 0.333 e. The van der Waals surface area contributed by atoms with Crippen molar-refractivity contribution in [2.75, 3.05) is 18.5 Å². The molecule has 2 fully saturated rings. The Morgan fingerprint density at radius 2 is 1.72 bits per heavy atom. The van der Waals surface area contributed by atoms with Crippen molar-refractivity contribution in [3.8, 4) is 0 Å². The van der Waals surface area contributed by atoms with E-state index in [1.54, 1.807) is 0 Å². The van der Waals surface area contributed by atoms with E-state index in [0.717, 1.165) is 84.3 Å². The number of amides is 2. The molecule has 32 heavy (non-hydrogen) atoms. The van der Waals surface area contributed by atoms with Crippen LogP contribution >= 0.6 is 11.6 Å². The second kappa shape index (κ2) is 7.66. The highest BCUT2D eigenvalue weighted by molar-refractivity contribution is 7.93. The molecule has 172 valence electrons. The van der Waals surface area contributed by atoms with Crippen molar-refractivity contribution in [1.82, 2.24) is 9.73 Å². The maximum atomic E-state index is 13.0. The number of fused-ring (bicyclic) bond motifs is 2. The first kappa shape index (κ1) is 21.6. The molecule has 0 unspecified atom stereocenters. The second-order valence-electron chi connectivity index (χ2n) is 9.22. The number of carbonyl (C=O) groups excluding carboxylic acids is 1. The monoisotopic (exact) mass is 478 g/mol. The molecule has 0 bridgehead atoms. The predicted octanol–water partition coefficient (Wildman–Crippen LogP) is 3.69. The molecule has 10 heteroatoms. The lowest BCUT2D eigenvalue weighted by Gasteiger charge is -2.33.